The Morgan fingerprint density at radius 1 is 1.19 bits per heavy atom. The van der Waals surface area contributed by atoms with Gasteiger partial charge in [0.1, 0.15) is 5.82 Å². The van der Waals surface area contributed by atoms with E-state index in [4.69, 9.17) is 23.2 Å². The molecule has 1 atom stereocenters. The monoisotopic (exact) mass is 332 g/mol. The first kappa shape index (κ1) is 17.0. The Morgan fingerprint density at radius 2 is 1.86 bits per heavy atom. The number of nitrogens with zero attached hydrogens (tertiary/aromatic N) is 1. The molecule has 1 aliphatic rings. The lowest BCUT2D eigenvalue weighted by molar-refractivity contribution is 0.159. The Balaban J connectivity index is 2.27. The number of rotatable bonds is 6. The van der Waals surface area contributed by atoms with Crippen LogP contribution in [0, 0.1) is 5.82 Å². The zero-order valence-electron chi connectivity index (χ0n) is 12.5. The first-order valence-corrected chi connectivity index (χ1v) is 8.49. The summed E-state index contributed by atoms with van der Waals surface area (Å²) in [6.07, 6.45) is 4.31. The van der Waals surface area contributed by atoms with Gasteiger partial charge in [0.15, 0.2) is 0 Å². The van der Waals surface area contributed by atoms with E-state index in [0.717, 1.165) is 51.9 Å². The van der Waals surface area contributed by atoms with Gasteiger partial charge in [-0.2, -0.15) is 0 Å². The van der Waals surface area contributed by atoms with Gasteiger partial charge < -0.3 is 5.32 Å². The topological polar surface area (TPSA) is 15.3 Å². The van der Waals surface area contributed by atoms with Crippen LogP contribution in [-0.2, 0) is 0 Å². The molecule has 0 saturated carbocycles. The van der Waals surface area contributed by atoms with E-state index < -0.39 is 0 Å². The summed E-state index contributed by atoms with van der Waals surface area (Å²) in [5.74, 6) is -0.357. The van der Waals surface area contributed by atoms with Crippen molar-refractivity contribution >= 4 is 23.2 Å². The first-order chi connectivity index (χ1) is 10.1. The Kier molecular flexibility index (Phi) is 6.74. The van der Waals surface area contributed by atoms with Crippen LogP contribution in [0.5, 0.6) is 0 Å². The molecule has 1 aromatic carbocycles. The number of nitrogens with one attached hydrogen (secondary N) is 1. The summed E-state index contributed by atoms with van der Waals surface area (Å²) in [6, 6.07) is 3.26. The Bertz CT molecular complexity index is 462. The van der Waals surface area contributed by atoms with Gasteiger partial charge in [-0.15, -0.1) is 0 Å². The van der Waals surface area contributed by atoms with Crippen LogP contribution in [0.25, 0.3) is 0 Å². The maximum atomic E-state index is 14.5. The largest absolute Gasteiger partial charge is 0.314 e. The third kappa shape index (κ3) is 4.32. The van der Waals surface area contributed by atoms with Crippen molar-refractivity contribution in [3.8, 4) is 0 Å². The molecule has 118 valence electrons. The highest BCUT2D eigenvalue weighted by Gasteiger charge is 2.27. The van der Waals surface area contributed by atoms with Crippen molar-refractivity contribution in [1.29, 1.82) is 0 Å². The number of hydrogen-bond acceptors (Lipinski definition) is 2. The van der Waals surface area contributed by atoms with Crippen molar-refractivity contribution in [2.75, 3.05) is 26.2 Å². The summed E-state index contributed by atoms with van der Waals surface area (Å²) in [6.45, 7) is 5.87. The predicted molar refractivity (Wildman–Crippen MR) is 87.7 cm³/mol. The van der Waals surface area contributed by atoms with Crippen LogP contribution >= 0.6 is 23.2 Å². The third-order valence-corrected chi connectivity index (χ3v) is 4.71. The standard InChI is InChI=1S/C16H23Cl2FN2/c1-2-3-4-5-14(21-10-8-20-9-11-21)15-12(17)6-7-13(18)16(15)19/h6-7,14,20H,2-5,8-11H2,1H3/t14-/m1/s1. The maximum Gasteiger partial charge on any atom is 0.148 e. The SMILES string of the molecule is CCCCC[C@H](c1c(Cl)ccc(Cl)c1F)N1CCNCC1. The van der Waals surface area contributed by atoms with E-state index in [-0.39, 0.29) is 16.9 Å². The molecule has 1 aromatic rings. The number of halogens is 3. The molecule has 0 spiro atoms. The Labute approximate surface area is 136 Å². The summed E-state index contributed by atoms with van der Waals surface area (Å²) in [4.78, 5) is 2.33. The molecule has 1 aliphatic heterocycles. The van der Waals surface area contributed by atoms with Gasteiger partial charge in [-0.1, -0.05) is 49.4 Å². The molecular weight excluding hydrogens is 310 g/mol. The average molecular weight is 333 g/mol. The molecule has 2 nitrogen and oxygen atoms in total. The third-order valence-electron chi connectivity index (χ3n) is 4.09. The van der Waals surface area contributed by atoms with Crippen LogP contribution in [0.2, 0.25) is 10.0 Å². The highest BCUT2D eigenvalue weighted by molar-refractivity contribution is 6.33. The molecule has 1 saturated heterocycles. The lowest BCUT2D eigenvalue weighted by Gasteiger charge is -2.36. The van der Waals surface area contributed by atoms with Crippen molar-refractivity contribution in [3.05, 3.63) is 33.6 Å². The van der Waals surface area contributed by atoms with Crippen molar-refractivity contribution in [2.24, 2.45) is 0 Å². The highest BCUT2D eigenvalue weighted by atomic mass is 35.5. The maximum absolute atomic E-state index is 14.5. The zero-order chi connectivity index (χ0) is 15.2. The van der Waals surface area contributed by atoms with Crippen LogP contribution < -0.4 is 5.32 Å². The second-order valence-electron chi connectivity index (χ2n) is 5.55. The Morgan fingerprint density at radius 3 is 2.52 bits per heavy atom. The summed E-state index contributed by atoms with van der Waals surface area (Å²) in [7, 11) is 0. The normalized spacial score (nSPS) is 17.9. The van der Waals surface area contributed by atoms with E-state index in [1.165, 1.54) is 6.07 Å². The number of piperazine rings is 1. The molecule has 0 aromatic heterocycles. The molecule has 0 bridgehead atoms. The second kappa shape index (κ2) is 8.33. The van der Waals surface area contributed by atoms with Gasteiger partial charge in [0.05, 0.1) is 5.02 Å². The molecule has 0 radical (unpaired) electrons. The van der Waals surface area contributed by atoms with Crippen LogP contribution in [-0.4, -0.2) is 31.1 Å². The minimum absolute atomic E-state index is 0.0184. The summed E-state index contributed by atoms with van der Waals surface area (Å²) in [5, 5.41) is 3.98. The van der Waals surface area contributed by atoms with Crippen molar-refractivity contribution in [3.63, 3.8) is 0 Å². The fraction of sp³-hybridized carbons (Fsp3) is 0.625. The minimum atomic E-state index is -0.357. The van der Waals surface area contributed by atoms with E-state index in [2.05, 4.69) is 17.1 Å². The molecule has 1 N–H and O–H groups in total. The second-order valence-corrected chi connectivity index (χ2v) is 6.37. The number of hydrogen-bond donors (Lipinski definition) is 1. The molecule has 21 heavy (non-hydrogen) atoms. The lowest BCUT2D eigenvalue weighted by atomic mass is 9.97. The minimum Gasteiger partial charge on any atom is -0.314 e. The molecule has 0 unspecified atom stereocenters. The van der Waals surface area contributed by atoms with E-state index in [1.807, 2.05) is 0 Å². The average Bonchev–Trinajstić information content (AvgIpc) is 2.51. The van der Waals surface area contributed by atoms with E-state index >= 15 is 0 Å². The van der Waals surface area contributed by atoms with Gasteiger partial charge in [0.25, 0.3) is 0 Å². The van der Waals surface area contributed by atoms with Gasteiger partial charge >= 0.3 is 0 Å². The fourth-order valence-corrected chi connectivity index (χ4v) is 3.38. The summed E-state index contributed by atoms with van der Waals surface area (Å²) < 4.78 is 14.5. The molecule has 0 amide bonds. The Hall–Kier alpha value is -0.350. The highest BCUT2D eigenvalue weighted by Crippen LogP contribution is 2.36. The molecule has 0 aliphatic carbocycles. The van der Waals surface area contributed by atoms with Gasteiger partial charge in [0.2, 0.25) is 0 Å². The van der Waals surface area contributed by atoms with Gasteiger partial charge in [-0.3, -0.25) is 4.90 Å². The zero-order valence-corrected chi connectivity index (χ0v) is 14.0. The van der Waals surface area contributed by atoms with Gasteiger partial charge in [-0.25, -0.2) is 4.39 Å². The van der Waals surface area contributed by atoms with E-state index in [1.54, 1.807) is 6.07 Å². The summed E-state index contributed by atoms with van der Waals surface area (Å²) in [5.41, 5.74) is 0.571. The first-order valence-electron chi connectivity index (χ1n) is 7.73. The quantitative estimate of drug-likeness (QED) is 0.602. The molecule has 1 heterocycles. The van der Waals surface area contributed by atoms with Crippen LogP contribution in [0.1, 0.15) is 44.2 Å². The van der Waals surface area contributed by atoms with E-state index in [9.17, 15) is 4.39 Å². The van der Waals surface area contributed by atoms with Crippen LogP contribution in [0.15, 0.2) is 12.1 Å². The fourth-order valence-electron chi connectivity index (χ4n) is 2.94. The predicted octanol–water partition coefficient (Wildman–Crippen LogP) is 4.66. The lowest BCUT2D eigenvalue weighted by Crippen LogP contribution is -2.45. The molecular formula is C16H23Cl2FN2. The van der Waals surface area contributed by atoms with Crippen molar-refractivity contribution in [2.45, 2.75) is 38.6 Å². The van der Waals surface area contributed by atoms with E-state index in [0.29, 0.717) is 10.6 Å². The molecule has 2 rings (SSSR count). The smallest absolute Gasteiger partial charge is 0.148 e. The van der Waals surface area contributed by atoms with Crippen LogP contribution in [0.3, 0.4) is 0 Å². The van der Waals surface area contributed by atoms with Crippen LogP contribution in [0.4, 0.5) is 4.39 Å². The van der Waals surface area contributed by atoms with Crippen molar-refractivity contribution < 1.29 is 4.39 Å². The van der Waals surface area contributed by atoms with Gasteiger partial charge in [0, 0.05) is 42.8 Å². The van der Waals surface area contributed by atoms with Crippen molar-refractivity contribution in [1.82, 2.24) is 10.2 Å². The number of benzene rings is 1. The van der Waals surface area contributed by atoms with Gasteiger partial charge in [-0.05, 0) is 18.6 Å². The number of unbranched alkanes of at least 4 members (excludes halogenated alkanes) is 2. The molecule has 1 fully saturated rings. The summed E-state index contributed by atoms with van der Waals surface area (Å²) >= 11 is 12.3. The molecule has 5 heteroatoms.